The topological polar surface area (TPSA) is 43.4 Å². The van der Waals surface area contributed by atoms with Crippen molar-refractivity contribution < 1.29 is 14.3 Å². The van der Waals surface area contributed by atoms with E-state index >= 15 is 0 Å². The summed E-state index contributed by atoms with van der Waals surface area (Å²) < 4.78 is 5.53. The summed E-state index contributed by atoms with van der Waals surface area (Å²) in [6.45, 7) is 2.11. The van der Waals surface area contributed by atoms with E-state index in [1.165, 1.54) is 0 Å². The van der Waals surface area contributed by atoms with Crippen LogP contribution in [0.1, 0.15) is 29.3 Å². The van der Waals surface area contributed by atoms with E-state index < -0.39 is 0 Å². The number of halogens is 2. The molecule has 0 heterocycles. The van der Waals surface area contributed by atoms with Crippen LogP contribution in [0.5, 0.6) is 0 Å². The van der Waals surface area contributed by atoms with E-state index in [0.29, 0.717) is 16.6 Å². The van der Waals surface area contributed by atoms with Crippen molar-refractivity contribution in [2.24, 2.45) is 0 Å². The number of carbonyl (C=O) groups is 2. The first kappa shape index (κ1) is 15.2. The van der Waals surface area contributed by atoms with Crippen molar-refractivity contribution in [2.45, 2.75) is 19.8 Å². The van der Waals surface area contributed by atoms with E-state index in [2.05, 4.69) is 15.9 Å². The molecule has 5 heteroatoms. The number of hydrogen-bond acceptors (Lipinski definition) is 3. The summed E-state index contributed by atoms with van der Waals surface area (Å²) in [6.07, 6.45) is 0.430. The highest BCUT2D eigenvalue weighted by Gasteiger charge is 2.14. The maximum atomic E-state index is 11.8. The van der Waals surface area contributed by atoms with Gasteiger partial charge in [-0.25, -0.2) is 0 Å². The van der Waals surface area contributed by atoms with Gasteiger partial charge in [-0.3, -0.25) is 9.59 Å². The number of ketones is 1. The second kappa shape index (κ2) is 7.54. The third-order valence-corrected chi connectivity index (χ3v) is 3.47. The number of alkyl halides is 1. The average molecular weight is 334 g/mol. The fourth-order valence-electron chi connectivity index (χ4n) is 1.52. The van der Waals surface area contributed by atoms with Gasteiger partial charge >= 0.3 is 5.97 Å². The van der Waals surface area contributed by atoms with Crippen LogP contribution in [0.25, 0.3) is 0 Å². The molecule has 0 aromatic heterocycles. The summed E-state index contributed by atoms with van der Waals surface area (Å²) in [6, 6.07) is 5.26. The van der Waals surface area contributed by atoms with E-state index in [4.69, 9.17) is 16.3 Å². The number of ether oxygens (including phenoxy) is 1. The molecule has 0 aliphatic carbocycles. The largest absolute Gasteiger partial charge is 0.466 e. The number of Topliss-reactive ketones (excluding diaryl/α,β-unsaturated/α-hetero) is 1. The zero-order valence-electron chi connectivity index (χ0n) is 10.0. The summed E-state index contributed by atoms with van der Waals surface area (Å²) >= 11 is 8.91. The lowest BCUT2D eigenvalue weighted by Crippen LogP contribution is -2.09. The molecule has 0 saturated heterocycles. The van der Waals surface area contributed by atoms with Crippen molar-refractivity contribution in [2.75, 3.05) is 12.5 Å². The van der Waals surface area contributed by atoms with Gasteiger partial charge in [0.1, 0.15) is 0 Å². The first-order chi connectivity index (χ1) is 8.60. The predicted octanol–water partition coefficient (Wildman–Crippen LogP) is 3.37. The predicted molar refractivity (Wildman–Crippen MR) is 74.1 cm³/mol. The summed E-state index contributed by atoms with van der Waals surface area (Å²) in [5, 5.41) is 0. The molecule has 18 heavy (non-hydrogen) atoms. The first-order valence-corrected chi connectivity index (χ1v) is 6.95. The van der Waals surface area contributed by atoms with Crippen LogP contribution in [0.2, 0.25) is 0 Å². The molecule has 0 spiro atoms. The molecule has 0 unspecified atom stereocenters. The number of carbonyl (C=O) groups excluding carboxylic acids is 2. The maximum absolute atomic E-state index is 11.8. The second-order valence-electron chi connectivity index (χ2n) is 3.62. The zero-order chi connectivity index (χ0) is 13.5. The standard InChI is InChI=1S/C13H14BrClO3/c1-2-18-12(17)8-9-4-3-5-10(13(9)14)11(16)6-7-15/h3-5H,2,6-8H2,1H3. The van der Waals surface area contributed by atoms with Gasteiger partial charge in [0.05, 0.1) is 13.0 Å². The molecule has 1 aromatic rings. The van der Waals surface area contributed by atoms with Crippen molar-refractivity contribution in [3.8, 4) is 0 Å². The Morgan fingerprint density at radius 3 is 2.72 bits per heavy atom. The lowest BCUT2D eigenvalue weighted by Gasteiger charge is -2.08. The van der Waals surface area contributed by atoms with E-state index in [9.17, 15) is 9.59 Å². The number of benzene rings is 1. The van der Waals surface area contributed by atoms with Crippen LogP contribution in [0.4, 0.5) is 0 Å². The Kier molecular flexibility index (Phi) is 6.36. The fourth-order valence-corrected chi connectivity index (χ4v) is 2.32. The summed E-state index contributed by atoms with van der Waals surface area (Å²) in [5.74, 6) is -0.0596. The van der Waals surface area contributed by atoms with Gasteiger partial charge in [0.25, 0.3) is 0 Å². The third-order valence-electron chi connectivity index (χ3n) is 2.34. The van der Waals surface area contributed by atoms with Crippen molar-refractivity contribution >= 4 is 39.3 Å². The van der Waals surface area contributed by atoms with Crippen molar-refractivity contribution in [1.82, 2.24) is 0 Å². The van der Waals surface area contributed by atoms with E-state index in [-0.39, 0.29) is 30.5 Å². The van der Waals surface area contributed by atoms with Crippen molar-refractivity contribution in [1.29, 1.82) is 0 Å². The van der Waals surface area contributed by atoms with Gasteiger partial charge in [-0.1, -0.05) is 18.2 Å². The first-order valence-electron chi connectivity index (χ1n) is 5.62. The molecule has 0 atom stereocenters. The molecule has 0 amide bonds. The fraction of sp³-hybridized carbons (Fsp3) is 0.385. The summed E-state index contributed by atoms with van der Waals surface area (Å²) in [5.41, 5.74) is 1.30. The van der Waals surface area contributed by atoms with Crippen LogP contribution in [-0.4, -0.2) is 24.2 Å². The molecule has 0 bridgehead atoms. The van der Waals surface area contributed by atoms with Gasteiger partial charge in [0.2, 0.25) is 0 Å². The third kappa shape index (κ3) is 4.10. The minimum absolute atomic E-state index is 0.0393. The summed E-state index contributed by atoms with van der Waals surface area (Å²) in [4.78, 5) is 23.2. The molecule has 0 saturated carbocycles. The molecule has 0 N–H and O–H groups in total. The van der Waals surface area contributed by atoms with Crippen LogP contribution < -0.4 is 0 Å². The normalized spacial score (nSPS) is 10.2. The van der Waals surface area contributed by atoms with Gasteiger partial charge in [0.15, 0.2) is 5.78 Å². The smallest absolute Gasteiger partial charge is 0.310 e. The van der Waals surface area contributed by atoms with E-state index in [1.807, 2.05) is 0 Å². The van der Waals surface area contributed by atoms with Crippen LogP contribution in [-0.2, 0) is 16.0 Å². The van der Waals surface area contributed by atoms with Gasteiger partial charge in [-0.15, -0.1) is 11.6 Å². The lowest BCUT2D eigenvalue weighted by atomic mass is 10.0. The Hall–Kier alpha value is -0.870. The lowest BCUT2D eigenvalue weighted by molar-refractivity contribution is -0.142. The van der Waals surface area contributed by atoms with Gasteiger partial charge in [-0.05, 0) is 28.4 Å². The molecule has 0 radical (unpaired) electrons. The number of hydrogen-bond donors (Lipinski definition) is 0. The van der Waals surface area contributed by atoms with Crippen LogP contribution in [0, 0.1) is 0 Å². The molecule has 1 aromatic carbocycles. The Labute approximate surface area is 120 Å². The number of rotatable bonds is 6. The molecule has 98 valence electrons. The Morgan fingerprint density at radius 2 is 2.11 bits per heavy atom. The molecule has 3 nitrogen and oxygen atoms in total. The van der Waals surface area contributed by atoms with Crippen LogP contribution in [0.15, 0.2) is 22.7 Å². The maximum Gasteiger partial charge on any atom is 0.310 e. The quantitative estimate of drug-likeness (QED) is 0.455. The average Bonchev–Trinajstić information content (AvgIpc) is 2.32. The van der Waals surface area contributed by atoms with Gasteiger partial charge < -0.3 is 4.74 Å². The molecular formula is C13H14BrClO3. The van der Waals surface area contributed by atoms with Crippen LogP contribution >= 0.6 is 27.5 Å². The molecule has 0 aliphatic rings. The minimum Gasteiger partial charge on any atom is -0.466 e. The molecule has 0 fully saturated rings. The molecular weight excluding hydrogens is 319 g/mol. The summed E-state index contributed by atoms with van der Waals surface area (Å²) in [7, 11) is 0. The Morgan fingerprint density at radius 1 is 1.39 bits per heavy atom. The monoisotopic (exact) mass is 332 g/mol. The highest BCUT2D eigenvalue weighted by atomic mass is 79.9. The highest BCUT2D eigenvalue weighted by Crippen LogP contribution is 2.24. The minimum atomic E-state index is -0.305. The van der Waals surface area contributed by atoms with E-state index in [0.717, 1.165) is 5.56 Å². The molecule has 1 rings (SSSR count). The molecule has 0 aliphatic heterocycles. The number of esters is 1. The highest BCUT2D eigenvalue weighted by molar-refractivity contribution is 9.10. The van der Waals surface area contributed by atoms with Crippen LogP contribution in [0.3, 0.4) is 0 Å². The van der Waals surface area contributed by atoms with Gasteiger partial charge in [-0.2, -0.15) is 0 Å². The second-order valence-corrected chi connectivity index (χ2v) is 4.79. The SMILES string of the molecule is CCOC(=O)Cc1cccc(C(=O)CCCl)c1Br. The van der Waals surface area contributed by atoms with Gasteiger partial charge in [0, 0.05) is 22.3 Å². The van der Waals surface area contributed by atoms with Crippen molar-refractivity contribution in [3.63, 3.8) is 0 Å². The van der Waals surface area contributed by atoms with Crippen molar-refractivity contribution in [3.05, 3.63) is 33.8 Å². The Bertz CT molecular complexity index is 446. The zero-order valence-corrected chi connectivity index (χ0v) is 12.4. The van der Waals surface area contributed by atoms with E-state index in [1.54, 1.807) is 25.1 Å². The Balaban J connectivity index is 2.91.